The Kier molecular flexibility index (Phi) is 6.11. The van der Waals surface area contributed by atoms with Crippen LogP contribution in [-0.4, -0.2) is 41.4 Å². The first-order chi connectivity index (χ1) is 12.2. The predicted octanol–water partition coefficient (Wildman–Crippen LogP) is 1.96. The third-order valence-corrected chi connectivity index (χ3v) is 4.23. The van der Waals surface area contributed by atoms with Gasteiger partial charge in [0.05, 0.1) is 12.2 Å². The van der Waals surface area contributed by atoms with Gasteiger partial charge in [-0.2, -0.15) is 0 Å². The summed E-state index contributed by atoms with van der Waals surface area (Å²) in [5.74, 6) is -0.153. The van der Waals surface area contributed by atoms with Crippen molar-refractivity contribution in [2.75, 3.05) is 18.5 Å². The number of hydrogen-bond donors (Lipinski definition) is 3. The highest BCUT2D eigenvalue weighted by molar-refractivity contribution is 6.04. The lowest BCUT2D eigenvalue weighted by molar-refractivity contribution is -0.000596. The highest BCUT2D eigenvalue weighted by atomic mass is 16.5. The topological polar surface area (TPSA) is 83.5 Å². The Hall–Kier alpha value is -2.28. The second-order valence-electron chi connectivity index (χ2n) is 6.14. The average molecular weight is 341 g/mol. The molecule has 0 radical (unpaired) electrons. The minimum atomic E-state index is -0.479. The highest BCUT2D eigenvalue weighted by Gasteiger charge is 2.23. The zero-order valence-corrected chi connectivity index (χ0v) is 14.0. The molecule has 1 aliphatic rings. The number of aromatic nitrogens is 1. The van der Waals surface area contributed by atoms with Crippen LogP contribution < -0.4 is 10.6 Å². The van der Waals surface area contributed by atoms with Crippen LogP contribution in [0.1, 0.15) is 28.8 Å². The highest BCUT2D eigenvalue weighted by Crippen LogP contribution is 2.15. The summed E-state index contributed by atoms with van der Waals surface area (Å²) in [4.78, 5) is 16.1. The number of rotatable bonds is 7. The number of aliphatic hydroxyl groups is 1. The number of carbonyl (C=O) groups is 1. The van der Waals surface area contributed by atoms with Crippen LogP contribution in [0, 0.1) is 0 Å². The number of hydrogen-bond acceptors (Lipinski definition) is 5. The zero-order valence-electron chi connectivity index (χ0n) is 14.0. The van der Waals surface area contributed by atoms with Gasteiger partial charge in [-0.05, 0) is 42.7 Å². The van der Waals surface area contributed by atoms with E-state index in [1.54, 1.807) is 36.7 Å². The molecule has 25 heavy (non-hydrogen) atoms. The first-order valence-electron chi connectivity index (χ1n) is 8.53. The Morgan fingerprint density at radius 2 is 2.00 bits per heavy atom. The first-order valence-corrected chi connectivity index (χ1v) is 8.53. The van der Waals surface area contributed by atoms with E-state index in [1.807, 2.05) is 12.1 Å². The lowest BCUT2D eigenvalue weighted by Gasteiger charge is -2.17. The van der Waals surface area contributed by atoms with Gasteiger partial charge in [-0.25, -0.2) is 0 Å². The summed E-state index contributed by atoms with van der Waals surface area (Å²) in [5, 5.41) is 16.1. The maximum absolute atomic E-state index is 12.2. The minimum absolute atomic E-state index is 0.0493. The summed E-state index contributed by atoms with van der Waals surface area (Å²) in [6.45, 7) is 1.87. The fourth-order valence-electron chi connectivity index (χ4n) is 2.81. The standard InChI is InChI=1S/C19H23N3O3/c23-17(18-2-1-11-25-18)13-21-12-14-3-5-15(6-4-14)19(24)22-16-7-9-20-10-8-16/h3-10,17-18,21,23H,1-2,11-13H2,(H,20,22,24). The van der Waals surface area contributed by atoms with Gasteiger partial charge < -0.3 is 20.5 Å². The molecule has 2 unspecified atom stereocenters. The molecule has 2 atom stereocenters. The number of anilines is 1. The molecule has 3 N–H and O–H groups in total. The van der Waals surface area contributed by atoms with Gasteiger partial charge in [0.25, 0.3) is 5.91 Å². The molecule has 1 aromatic carbocycles. The van der Waals surface area contributed by atoms with Crippen LogP contribution in [0.25, 0.3) is 0 Å². The summed E-state index contributed by atoms with van der Waals surface area (Å²) in [6.07, 6.45) is 4.68. The number of ether oxygens (including phenoxy) is 1. The largest absolute Gasteiger partial charge is 0.389 e. The van der Waals surface area contributed by atoms with Gasteiger partial charge in [-0.3, -0.25) is 9.78 Å². The molecule has 2 heterocycles. The summed E-state index contributed by atoms with van der Waals surface area (Å²) in [5.41, 5.74) is 2.37. The molecule has 0 bridgehead atoms. The molecule has 2 aromatic rings. The number of pyridine rings is 1. The lowest BCUT2D eigenvalue weighted by atomic mass is 10.1. The third kappa shape index (κ3) is 5.09. The summed E-state index contributed by atoms with van der Waals surface area (Å²) >= 11 is 0. The van der Waals surface area contributed by atoms with Crippen molar-refractivity contribution in [3.8, 4) is 0 Å². The Bertz CT molecular complexity index is 670. The number of benzene rings is 1. The zero-order chi connectivity index (χ0) is 17.5. The van der Waals surface area contributed by atoms with Gasteiger partial charge in [-0.15, -0.1) is 0 Å². The SMILES string of the molecule is O=C(Nc1ccncc1)c1ccc(CNCC(O)C2CCCO2)cc1. The normalized spacial score (nSPS) is 18.0. The minimum Gasteiger partial charge on any atom is -0.389 e. The Morgan fingerprint density at radius 1 is 1.24 bits per heavy atom. The Morgan fingerprint density at radius 3 is 2.68 bits per heavy atom. The van der Waals surface area contributed by atoms with Crippen LogP contribution in [0.5, 0.6) is 0 Å². The summed E-state index contributed by atoms with van der Waals surface area (Å²) < 4.78 is 5.47. The van der Waals surface area contributed by atoms with E-state index in [-0.39, 0.29) is 12.0 Å². The van der Waals surface area contributed by atoms with E-state index in [1.165, 1.54) is 0 Å². The molecular formula is C19H23N3O3. The molecule has 1 amide bonds. The maximum Gasteiger partial charge on any atom is 0.255 e. The van der Waals surface area contributed by atoms with Gasteiger partial charge in [0, 0.05) is 43.3 Å². The Balaban J connectivity index is 1.46. The number of carbonyl (C=O) groups excluding carboxylic acids is 1. The fourth-order valence-corrected chi connectivity index (χ4v) is 2.81. The van der Waals surface area contributed by atoms with Crippen LogP contribution in [0.15, 0.2) is 48.8 Å². The van der Waals surface area contributed by atoms with E-state index >= 15 is 0 Å². The molecule has 6 heteroatoms. The molecular weight excluding hydrogens is 318 g/mol. The quantitative estimate of drug-likeness (QED) is 0.717. The second kappa shape index (κ2) is 8.71. The third-order valence-electron chi connectivity index (χ3n) is 4.23. The van der Waals surface area contributed by atoms with Crippen molar-refractivity contribution in [2.24, 2.45) is 0 Å². The molecule has 0 aliphatic carbocycles. The first kappa shape index (κ1) is 17.5. The van der Waals surface area contributed by atoms with Crippen LogP contribution in [0.2, 0.25) is 0 Å². The molecule has 132 valence electrons. The molecule has 1 aliphatic heterocycles. The van der Waals surface area contributed by atoms with E-state index in [0.29, 0.717) is 24.3 Å². The van der Waals surface area contributed by atoms with Crippen molar-refractivity contribution < 1.29 is 14.6 Å². The molecule has 1 saturated heterocycles. The van der Waals surface area contributed by atoms with Crippen molar-refractivity contribution >= 4 is 11.6 Å². The number of aliphatic hydroxyl groups excluding tert-OH is 1. The molecule has 1 fully saturated rings. The van der Waals surface area contributed by atoms with Crippen molar-refractivity contribution in [1.82, 2.24) is 10.3 Å². The lowest BCUT2D eigenvalue weighted by Crippen LogP contribution is -2.35. The Labute approximate surface area is 147 Å². The van der Waals surface area contributed by atoms with Gasteiger partial charge in [0.2, 0.25) is 0 Å². The van der Waals surface area contributed by atoms with E-state index in [2.05, 4.69) is 15.6 Å². The van der Waals surface area contributed by atoms with Crippen LogP contribution in [0.4, 0.5) is 5.69 Å². The molecule has 3 rings (SSSR count). The average Bonchev–Trinajstić information content (AvgIpc) is 3.18. The van der Waals surface area contributed by atoms with Crippen molar-refractivity contribution in [3.05, 3.63) is 59.9 Å². The molecule has 0 saturated carbocycles. The fraction of sp³-hybridized carbons (Fsp3) is 0.368. The smallest absolute Gasteiger partial charge is 0.255 e. The molecule has 6 nitrogen and oxygen atoms in total. The number of nitrogens with one attached hydrogen (secondary N) is 2. The van der Waals surface area contributed by atoms with Gasteiger partial charge in [0.15, 0.2) is 0 Å². The summed E-state index contributed by atoms with van der Waals surface area (Å²) in [7, 11) is 0. The van der Waals surface area contributed by atoms with Crippen LogP contribution in [-0.2, 0) is 11.3 Å². The van der Waals surface area contributed by atoms with Crippen molar-refractivity contribution in [2.45, 2.75) is 31.6 Å². The monoisotopic (exact) mass is 341 g/mol. The maximum atomic E-state index is 12.2. The van der Waals surface area contributed by atoms with Crippen LogP contribution >= 0.6 is 0 Å². The van der Waals surface area contributed by atoms with E-state index in [9.17, 15) is 9.90 Å². The van der Waals surface area contributed by atoms with Gasteiger partial charge in [0.1, 0.15) is 0 Å². The predicted molar refractivity (Wildman–Crippen MR) is 95.3 cm³/mol. The van der Waals surface area contributed by atoms with E-state index < -0.39 is 6.10 Å². The van der Waals surface area contributed by atoms with Crippen molar-refractivity contribution in [3.63, 3.8) is 0 Å². The van der Waals surface area contributed by atoms with Gasteiger partial charge >= 0.3 is 0 Å². The van der Waals surface area contributed by atoms with Gasteiger partial charge in [-0.1, -0.05) is 12.1 Å². The second-order valence-corrected chi connectivity index (χ2v) is 6.14. The summed E-state index contributed by atoms with van der Waals surface area (Å²) in [6, 6.07) is 10.9. The van der Waals surface area contributed by atoms with Crippen LogP contribution in [0.3, 0.4) is 0 Å². The number of nitrogens with zero attached hydrogens (tertiary/aromatic N) is 1. The van der Waals surface area contributed by atoms with E-state index in [0.717, 1.165) is 25.0 Å². The van der Waals surface area contributed by atoms with Crippen molar-refractivity contribution in [1.29, 1.82) is 0 Å². The molecule has 1 aromatic heterocycles. The molecule has 0 spiro atoms. The van der Waals surface area contributed by atoms with E-state index in [4.69, 9.17) is 4.74 Å². The number of amides is 1.